The van der Waals surface area contributed by atoms with Crippen molar-refractivity contribution in [3.63, 3.8) is 0 Å². The minimum absolute atomic E-state index is 0.0563. The summed E-state index contributed by atoms with van der Waals surface area (Å²) in [6.07, 6.45) is 60.8. The Hall–Kier alpha value is -1.54. The first-order valence-corrected chi connectivity index (χ1v) is 28.5. The summed E-state index contributed by atoms with van der Waals surface area (Å²) in [7, 11) is 1.56. The van der Waals surface area contributed by atoms with Crippen LogP contribution in [0.1, 0.15) is 245 Å². The molecule has 0 aromatic carbocycles. The normalized spacial score (nSPS) is 14.4. The zero-order chi connectivity index (χ0) is 47.1. The van der Waals surface area contributed by atoms with Gasteiger partial charge in [0.1, 0.15) is 13.2 Å². The van der Waals surface area contributed by atoms with E-state index >= 15 is 0 Å². The molecule has 0 aromatic heterocycles. The first-order chi connectivity index (χ1) is 31.0. The van der Waals surface area contributed by atoms with E-state index in [0.29, 0.717) is 17.4 Å². The van der Waals surface area contributed by atoms with Gasteiger partial charge in [0.25, 0.3) is 0 Å². The lowest BCUT2D eigenvalue weighted by Gasteiger charge is -2.25. The van der Waals surface area contributed by atoms with Crippen LogP contribution in [0.5, 0.6) is 0 Å². The predicted octanol–water partition coefficient (Wildman–Crippen LogP) is 16.0. The number of unbranched alkanes of at least 4 members (excludes halogenated alkanes) is 30. The van der Waals surface area contributed by atoms with E-state index in [1.165, 1.54) is 180 Å². The third kappa shape index (κ3) is 48.4. The van der Waals surface area contributed by atoms with Gasteiger partial charge in [-0.2, -0.15) is 0 Å². The minimum Gasteiger partial charge on any atom is -0.387 e. The number of aliphatic hydroxyl groups excluding tert-OH is 1. The molecule has 3 atom stereocenters. The van der Waals surface area contributed by atoms with Gasteiger partial charge in [0.05, 0.1) is 39.9 Å². The number of carbonyl (C=O) groups excluding carboxylic acids is 1. The number of rotatable bonds is 49. The summed E-state index contributed by atoms with van der Waals surface area (Å²) in [5.74, 6) is -0.187. The highest BCUT2D eigenvalue weighted by Crippen LogP contribution is 2.43. The molecule has 0 aliphatic heterocycles. The van der Waals surface area contributed by atoms with E-state index in [2.05, 4.69) is 55.6 Å². The van der Waals surface area contributed by atoms with Crippen molar-refractivity contribution in [1.82, 2.24) is 5.32 Å². The summed E-state index contributed by atoms with van der Waals surface area (Å²) in [5.41, 5.74) is 0. The van der Waals surface area contributed by atoms with Gasteiger partial charge in [0.15, 0.2) is 0 Å². The average Bonchev–Trinajstić information content (AvgIpc) is 3.25. The van der Waals surface area contributed by atoms with Crippen LogP contribution in [0.2, 0.25) is 0 Å². The largest absolute Gasteiger partial charge is 0.472 e. The number of likely N-dealkylation sites (N-methyl/N-ethyl adjacent to an activating group) is 1. The molecule has 3 N–H and O–H groups in total. The van der Waals surface area contributed by atoms with Crippen LogP contribution < -0.4 is 5.32 Å². The molecule has 0 spiro atoms. The quantitative estimate of drug-likeness (QED) is 0.0243. The number of quaternary nitrogens is 1. The molecule has 0 heterocycles. The Kier molecular flexibility index (Phi) is 45.4. The van der Waals surface area contributed by atoms with Gasteiger partial charge in [-0.3, -0.25) is 13.8 Å². The lowest BCUT2D eigenvalue weighted by molar-refractivity contribution is -0.870. The molecule has 1 amide bonds. The number of hydrogen-bond donors (Lipinski definition) is 3. The van der Waals surface area contributed by atoms with Gasteiger partial charge >= 0.3 is 7.82 Å². The smallest absolute Gasteiger partial charge is 0.387 e. The highest BCUT2D eigenvalue weighted by Gasteiger charge is 2.27. The van der Waals surface area contributed by atoms with E-state index in [4.69, 9.17) is 9.05 Å². The fourth-order valence-electron chi connectivity index (χ4n) is 7.74. The minimum atomic E-state index is -4.35. The third-order valence-corrected chi connectivity index (χ3v) is 13.0. The van der Waals surface area contributed by atoms with Crippen molar-refractivity contribution in [1.29, 1.82) is 0 Å². The van der Waals surface area contributed by atoms with Crippen molar-refractivity contribution in [3.8, 4) is 0 Å². The summed E-state index contributed by atoms with van der Waals surface area (Å²) < 4.78 is 23.6. The highest BCUT2D eigenvalue weighted by atomic mass is 31.2. The number of hydrogen-bond acceptors (Lipinski definition) is 5. The molecule has 0 aliphatic rings. The summed E-state index contributed by atoms with van der Waals surface area (Å²) >= 11 is 0. The summed E-state index contributed by atoms with van der Waals surface area (Å²) in [6.45, 7) is 4.77. The van der Waals surface area contributed by atoms with Gasteiger partial charge < -0.3 is 19.8 Å². The molecule has 64 heavy (non-hydrogen) atoms. The zero-order valence-electron chi connectivity index (χ0n) is 42.8. The van der Waals surface area contributed by atoms with Gasteiger partial charge in [-0.05, 0) is 64.2 Å². The van der Waals surface area contributed by atoms with E-state index in [-0.39, 0.29) is 19.1 Å². The Bertz CT molecular complexity index is 1180. The van der Waals surface area contributed by atoms with Crippen molar-refractivity contribution in [2.45, 2.75) is 257 Å². The second kappa shape index (κ2) is 46.6. The Balaban J connectivity index is 4.03. The van der Waals surface area contributed by atoms with Crippen molar-refractivity contribution in [3.05, 3.63) is 48.6 Å². The zero-order valence-corrected chi connectivity index (χ0v) is 43.7. The van der Waals surface area contributed by atoms with E-state index in [0.717, 1.165) is 44.9 Å². The second-order valence-electron chi connectivity index (χ2n) is 19.6. The predicted molar refractivity (Wildman–Crippen MR) is 277 cm³/mol. The Morgan fingerprint density at radius 2 is 0.906 bits per heavy atom. The Morgan fingerprint density at radius 3 is 1.34 bits per heavy atom. The second-order valence-corrected chi connectivity index (χ2v) is 21.0. The molecule has 0 saturated carbocycles. The van der Waals surface area contributed by atoms with Crippen LogP contribution in [0.4, 0.5) is 0 Å². The van der Waals surface area contributed by atoms with E-state index < -0.39 is 20.0 Å². The first-order valence-electron chi connectivity index (χ1n) is 27.0. The van der Waals surface area contributed by atoms with Crippen molar-refractivity contribution >= 4 is 13.7 Å². The van der Waals surface area contributed by atoms with Gasteiger partial charge in [-0.1, -0.05) is 223 Å². The van der Waals surface area contributed by atoms with Crippen molar-refractivity contribution in [2.75, 3.05) is 40.9 Å². The van der Waals surface area contributed by atoms with Crippen molar-refractivity contribution in [2.24, 2.45) is 0 Å². The first kappa shape index (κ1) is 62.5. The van der Waals surface area contributed by atoms with Crippen LogP contribution in [0.25, 0.3) is 0 Å². The molecule has 0 saturated heterocycles. The molecule has 376 valence electrons. The van der Waals surface area contributed by atoms with E-state index in [9.17, 15) is 19.4 Å². The lowest BCUT2D eigenvalue weighted by atomic mass is 10.0. The summed E-state index contributed by atoms with van der Waals surface area (Å²) in [5, 5.41) is 13.8. The number of aliphatic hydroxyl groups is 1. The molecule has 8 nitrogen and oxygen atoms in total. The fraction of sp³-hybridized carbons (Fsp3) is 0.836. The number of carbonyl (C=O) groups is 1. The molecule has 3 unspecified atom stereocenters. The summed E-state index contributed by atoms with van der Waals surface area (Å²) in [6, 6.07) is -0.861. The van der Waals surface area contributed by atoms with Gasteiger partial charge in [-0.25, -0.2) is 4.57 Å². The molecule has 0 aliphatic carbocycles. The molecular formula is C55H106N2O6P+. The van der Waals surface area contributed by atoms with Crippen LogP contribution in [0.3, 0.4) is 0 Å². The van der Waals surface area contributed by atoms with Crippen LogP contribution in [0, 0.1) is 0 Å². The molecule has 0 radical (unpaired) electrons. The fourth-order valence-corrected chi connectivity index (χ4v) is 8.47. The Labute approximate surface area is 397 Å². The monoisotopic (exact) mass is 922 g/mol. The average molecular weight is 922 g/mol. The topological polar surface area (TPSA) is 105 Å². The number of allylic oxidation sites excluding steroid dienone is 7. The maximum absolute atomic E-state index is 12.9. The maximum atomic E-state index is 12.9. The molecule has 9 heteroatoms. The number of phosphoric ester groups is 1. The van der Waals surface area contributed by atoms with Crippen LogP contribution in [-0.2, 0) is 18.4 Å². The number of nitrogens with one attached hydrogen (secondary N) is 1. The Morgan fingerprint density at radius 1 is 0.531 bits per heavy atom. The maximum Gasteiger partial charge on any atom is 0.472 e. The molecule has 0 aromatic rings. The lowest BCUT2D eigenvalue weighted by Crippen LogP contribution is -2.45. The highest BCUT2D eigenvalue weighted by molar-refractivity contribution is 7.47. The molecule has 0 rings (SSSR count). The standard InChI is InChI=1S/C55H105N2O6P/c1-6-8-10-12-14-16-18-19-20-21-22-23-24-25-26-27-28-29-30-31-32-33-34-35-36-37-39-41-43-45-47-49-55(59)56-53(52-63-64(60,61)62-51-50-57(3,4)5)54(58)48-46-44-42-40-38-17-15-13-11-9-7-2/h18-19,21-22,38,40,46,48,53-54,58H,6-17,20,23-37,39,41-45,47,49-52H2,1-5H3,(H-,56,59,60,61)/p+1/b19-18-,22-21-,40-38+,48-46+. The molecule has 0 fully saturated rings. The van der Waals surface area contributed by atoms with E-state index in [1.807, 2.05) is 27.2 Å². The van der Waals surface area contributed by atoms with Gasteiger partial charge in [0.2, 0.25) is 5.91 Å². The SMILES string of the molecule is CCCCCCC/C=C\C/C=C\CCCCCCCCCCCCCCCCCCCCCC(=O)NC(COP(=O)(O)OCC[N+](C)(C)C)C(O)/C=C/CC/C=C/CCCCCCC. The van der Waals surface area contributed by atoms with Crippen LogP contribution >= 0.6 is 7.82 Å². The van der Waals surface area contributed by atoms with Crippen LogP contribution in [-0.4, -0.2) is 73.4 Å². The third-order valence-electron chi connectivity index (χ3n) is 12.0. The van der Waals surface area contributed by atoms with Gasteiger partial charge in [-0.15, -0.1) is 0 Å². The molecular weight excluding hydrogens is 816 g/mol. The summed E-state index contributed by atoms with van der Waals surface area (Å²) in [4.78, 5) is 23.2. The number of phosphoric acid groups is 1. The van der Waals surface area contributed by atoms with Crippen LogP contribution in [0.15, 0.2) is 48.6 Å². The van der Waals surface area contributed by atoms with E-state index in [1.54, 1.807) is 6.08 Å². The number of amides is 1. The molecule has 0 bridgehead atoms. The van der Waals surface area contributed by atoms with Gasteiger partial charge in [0, 0.05) is 6.42 Å². The number of nitrogens with zero attached hydrogens (tertiary/aromatic N) is 1. The van der Waals surface area contributed by atoms with Crippen molar-refractivity contribution < 1.29 is 32.9 Å².